The molecule has 1 aromatic heterocycles. The highest BCUT2D eigenvalue weighted by Gasteiger charge is 2.34. The van der Waals surface area contributed by atoms with Crippen LogP contribution in [0.1, 0.15) is 36.9 Å². The van der Waals surface area contributed by atoms with Crippen LogP contribution in [0.3, 0.4) is 0 Å². The van der Waals surface area contributed by atoms with Gasteiger partial charge >= 0.3 is 0 Å². The number of hydrogen-bond donors (Lipinski definition) is 2. The highest BCUT2D eigenvalue weighted by molar-refractivity contribution is 5.91. The highest BCUT2D eigenvalue weighted by atomic mass is 35.5. The molecule has 1 heterocycles. The number of nitrogens with two attached hydrogens (primary N) is 1. The lowest BCUT2D eigenvalue weighted by atomic mass is 9.75. The SMILES string of the molecule is Cc1nn(C)c(NC(=O)CC2(N)CCC2)c1C.Cl. The fraction of sp³-hybridized carbons (Fsp3) is 0.667. The Labute approximate surface area is 114 Å². The molecule has 0 saturated heterocycles. The molecule has 3 N–H and O–H groups in total. The number of nitrogens with one attached hydrogen (secondary N) is 1. The second-order valence-electron chi connectivity index (χ2n) is 5.12. The summed E-state index contributed by atoms with van der Waals surface area (Å²) in [6.45, 7) is 3.89. The van der Waals surface area contributed by atoms with Crippen LogP contribution in [-0.4, -0.2) is 21.2 Å². The quantitative estimate of drug-likeness (QED) is 0.879. The number of aryl methyl sites for hydroxylation is 2. The topological polar surface area (TPSA) is 72.9 Å². The third kappa shape index (κ3) is 2.84. The number of hydrogen-bond acceptors (Lipinski definition) is 3. The summed E-state index contributed by atoms with van der Waals surface area (Å²) in [7, 11) is 1.83. The maximum Gasteiger partial charge on any atom is 0.227 e. The first kappa shape index (κ1) is 15.0. The van der Waals surface area contributed by atoms with Gasteiger partial charge in [0.2, 0.25) is 5.91 Å². The molecule has 18 heavy (non-hydrogen) atoms. The van der Waals surface area contributed by atoms with Gasteiger partial charge in [0.15, 0.2) is 0 Å². The molecule has 0 radical (unpaired) electrons. The van der Waals surface area contributed by atoms with E-state index in [1.54, 1.807) is 4.68 Å². The first-order chi connectivity index (χ1) is 7.91. The summed E-state index contributed by atoms with van der Waals surface area (Å²) >= 11 is 0. The van der Waals surface area contributed by atoms with Gasteiger partial charge in [0.25, 0.3) is 0 Å². The molecule has 0 atom stereocenters. The number of carbonyl (C=O) groups excluding carboxylic acids is 1. The van der Waals surface area contributed by atoms with Crippen molar-refractivity contribution in [2.24, 2.45) is 12.8 Å². The zero-order valence-electron chi connectivity index (χ0n) is 11.1. The lowest BCUT2D eigenvalue weighted by Gasteiger charge is -2.37. The van der Waals surface area contributed by atoms with Crippen molar-refractivity contribution in [2.45, 2.75) is 45.1 Å². The Kier molecular flexibility index (Phi) is 4.40. The van der Waals surface area contributed by atoms with Crippen molar-refractivity contribution < 1.29 is 4.79 Å². The van der Waals surface area contributed by atoms with E-state index >= 15 is 0 Å². The first-order valence-corrected chi connectivity index (χ1v) is 6.00. The molecule has 0 bridgehead atoms. The summed E-state index contributed by atoms with van der Waals surface area (Å²) in [5.41, 5.74) is 7.74. The van der Waals surface area contributed by atoms with Crippen LogP contribution in [0, 0.1) is 13.8 Å². The van der Waals surface area contributed by atoms with E-state index in [1.807, 2.05) is 20.9 Å². The van der Waals surface area contributed by atoms with Crippen LogP contribution in [0.15, 0.2) is 0 Å². The summed E-state index contributed by atoms with van der Waals surface area (Å²) < 4.78 is 1.70. The zero-order chi connectivity index (χ0) is 12.6. The molecular formula is C12H21ClN4O. The minimum Gasteiger partial charge on any atom is -0.325 e. The van der Waals surface area contributed by atoms with E-state index < -0.39 is 0 Å². The second-order valence-corrected chi connectivity index (χ2v) is 5.12. The predicted molar refractivity (Wildman–Crippen MR) is 73.9 cm³/mol. The lowest BCUT2D eigenvalue weighted by Crippen LogP contribution is -2.49. The minimum absolute atomic E-state index is 0. The molecule has 102 valence electrons. The summed E-state index contributed by atoms with van der Waals surface area (Å²) in [5, 5.41) is 7.17. The lowest BCUT2D eigenvalue weighted by molar-refractivity contribution is -0.118. The summed E-state index contributed by atoms with van der Waals surface area (Å²) in [6, 6.07) is 0. The smallest absolute Gasteiger partial charge is 0.227 e. The summed E-state index contributed by atoms with van der Waals surface area (Å²) in [5.74, 6) is 0.758. The van der Waals surface area contributed by atoms with Crippen LogP contribution < -0.4 is 11.1 Å². The monoisotopic (exact) mass is 272 g/mol. The molecular weight excluding hydrogens is 252 g/mol. The Morgan fingerprint density at radius 2 is 2.11 bits per heavy atom. The van der Waals surface area contributed by atoms with Crippen molar-refractivity contribution in [1.82, 2.24) is 9.78 Å². The van der Waals surface area contributed by atoms with Crippen molar-refractivity contribution >= 4 is 24.1 Å². The van der Waals surface area contributed by atoms with E-state index in [9.17, 15) is 4.79 Å². The number of halogens is 1. The standard InChI is InChI=1S/C12H20N4O.ClH/c1-8-9(2)15-16(3)11(8)14-10(17)7-12(13)5-4-6-12;/h4-7,13H2,1-3H3,(H,14,17);1H. The average Bonchev–Trinajstić information content (AvgIpc) is 2.43. The minimum atomic E-state index is -0.272. The van der Waals surface area contributed by atoms with Crippen LogP contribution >= 0.6 is 12.4 Å². The molecule has 1 saturated carbocycles. The number of nitrogens with zero attached hydrogens (tertiary/aromatic N) is 2. The number of aromatic nitrogens is 2. The van der Waals surface area contributed by atoms with E-state index in [0.29, 0.717) is 6.42 Å². The van der Waals surface area contributed by atoms with Crippen LogP contribution in [0.25, 0.3) is 0 Å². The number of amides is 1. The van der Waals surface area contributed by atoms with Gasteiger partial charge < -0.3 is 11.1 Å². The Morgan fingerprint density at radius 3 is 2.50 bits per heavy atom. The molecule has 1 aliphatic carbocycles. The molecule has 0 spiro atoms. The molecule has 1 aliphatic rings. The Balaban J connectivity index is 0.00000162. The molecule has 1 aromatic rings. The molecule has 0 unspecified atom stereocenters. The number of rotatable bonds is 3. The van der Waals surface area contributed by atoms with Crippen molar-refractivity contribution in [3.8, 4) is 0 Å². The van der Waals surface area contributed by atoms with Crippen molar-refractivity contribution in [3.63, 3.8) is 0 Å². The van der Waals surface area contributed by atoms with Gasteiger partial charge in [-0.05, 0) is 33.1 Å². The third-order valence-electron chi connectivity index (χ3n) is 3.64. The van der Waals surface area contributed by atoms with Crippen molar-refractivity contribution in [1.29, 1.82) is 0 Å². The van der Waals surface area contributed by atoms with E-state index in [4.69, 9.17) is 5.73 Å². The van der Waals surface area contributed by atoms with E-state index in [0.717, 1.165) is 36.3 Å². The third-order valence-corrected chi connectivity index (χ3v) is 3.64. The van der Waals surface area contributed by atoms with Crippen LogP contribution in [0.4, 0.5) is 5.82 Å². The number of carbonyl (C=O) groups is 1. The number of anilines is 1. The maximum absolute atomic E-state index is 11.9. The fourth-order valence-corrected chi connectivity index (χ4v) is 2.24. The van der Waals surface area contributed by atoms with Gasteiger partial charge in [0, 0.05) is 24.6 Å². The molecule has 1 fully saturated rings. The van der Waals surface area contributed by atoms with E-state index in [-0.39, 0.29) is 23.9 Å². The largest absolute Gasteiger partial charge is 0.325 e. The van der Waals surface area contributed by atoms with Crippen molar-refractivity contribution in [2.75, 3.05) is 5.32 Å². The highest BCUT2D eigenvalue weighted by Crippen LogP contribution is 2.32. The molecule has 2 rings (SSSR count). The maximum atomic E-state index is 11.9. The predicted octanol–water partition coefficient (Wildman–Crippen LogP) is 1.67. The van der Waals surface area contributed by atoms with Crippen LogP contribution in [-0.2, 0) is 11.8 Å². The molecule has 6 heteroatoms. The zero-order valence-corrected chi connectivity index (χ0v) is 11.9. The van der Waals surface area contributed by atoms with E-state index in [1.165, 1.54) is 0 Å². The fourth-order valence-electron chi connectivity index (χ4n) is 2.24. The van der Waals surface area contributed by atoms with Gasteiger partial charge in [-0.15, -0.1) is 12.4 Å². The molecule has 1 amide bonds. The molecule has 0 aliphatic heterocycles. The normalized spacial score (nSPS) is 16.7. The van der Waals surface area contributed by atoms with Crippen LogP contribution in [0.2, 0.25) is 0 Å². The van der Waals surface area contributed by atoms with Gasteiger partial charge in [0.05, 0.1) is 5.69 Å². The first-order valence-electron chi connectivity index (χ1n) is 6.00. The molecule has 0 aromatic carbocycles. The summed E-state index contributed by atoms with van der Waals surface area (Å²) in [4.78, 5) is 11.9. The van der Waals surface area contributed by atoms with Crippen molar-refractivity contribution in [3.05, 3.63) is 11.3 Å². The Bertz CT molecular complexity index is 451. The second kappa shape index (κ2) is 5.28. The van der Waals surface area contributed by atoms with Crippen LogP contribution in [0.5, 0.6) is 0 Å². The average molecular weight is 273 g/mol. The van der Waals surface area contributed by atoms with E-state index in [2.05, 4.69) is 10.4 Å². The van der Waals surface area contributed by atoms with Gasteiger partial charge in [0.1, 0.15) is 5.82 Å². The summed E-state index contributed by atoms with van der Waals surface area (Å²) in [6.07, 6.45) is 3.43. The van der Waals surface area contributed by atoms with Gasteiger partial charge in [-0.2, -0.15) is 5.10 Å². The van der Waals surface area contributed by atoms with Gasteiger partial charge in [-0.1, -0.05) is 0 Å². The molecule has 5 nitrogen and oxygen atoms in total. The Morgan fingerprint density at radius 1 is 1.50 bits per heavy atom. The Hall–Kier alpha value is -1.07. The van der Waals surface area contributed by atoms with Gasteiger partial charge in [-0.25, -0.2) is 0 Å². The van der Waals surface area contributed by atoms with Gasteiger partial charge in [-0.3, -0.25) is 9.48 Å².